The summed E-state index contributed by atoms with van der Waals surface area (Å²) in [6.07, 6.45) is 0. The topological polar surface area (TPSA) is 71.1 Å². The molecule has 0 saturated heterocycles. The Labute approximate surface area is 211 Å². The number of hydrogen-bond acceptors (Lipinski definition) is 7. The fraction of sp³-hybridized carbons (Fsp3) is 0.172. The van der Waals surface area contributed by atoms with E-state index in [-0.39, 0.29) is 0 Å². The van der Waals surface area contributed by atoms with Crippen molar-refractivity contribution in [1.82, 2.24) is 4.90 Å². The maximum absolute atomic E-state index is 5.85. The van der Waals surface area contributed by atoms with Gasteiger partial charge in [0, 0.05) is 13.1 Å². The largest absolute Gasteiger partial charge is 0.492 e. The van der Waals surface area contributed by atoms with Gasteiger partial charge in [0.15, 0.2) is 0 Å². The number of azo groups is 2. The van der Waals surface area contributed by atoms with Crippen molar-refractivity contribution in [2.45, 2.75) is 0 Å². The molecule has 0 aliphatic carbocycles. The lowest BCUT2D eigenvalue weighted by Gasteiger charge is -2.17. The highest BCUT2D eigenvalue weighted by Crippen LogP contribution is 2.22. The van der Waals surface area contributed by atoms with Gasteiger partial charge in [0.25, 0.3) is 0 Å². The summed E-state index contributed by atoms with van der Waals surface area (Å²) in [4.78, 5) is 2.17. The van der Waals surface area contributed by atoms with Gasteiger partial charge in [-0.2, -0.15) is 20.5 Å². The molecule has 0 radical (unpaired) electrons. The van der Waals surface area contributed by atoms with Crippen LogP contribution >= 0.6 is 0 Å². The second-order valence-electron chi connectivity index (χ2n) is 8.06. The average molecular weight is 480 g/mol. The first kappa shape index (κ1) is 24.8. The molecule has 4 aromatic rings. The van der Waals surface area contributed by atoms with E-state index >= 15 is 0 Å². The van der Waals surface area contributed by atoms with Crippen LogP contribution in [0.1, 0.15) is 0 Å². The summed E-state index contributed by atoms with van der Waals surface area (Å²) in [5.74, 6) is 1.62. The maximum Gasteiger partial charge on any atom is 0.119 e. The number of hydrogen-bond donors (Lipinski definition) is 0. The molecule has 0 N–H and O–H groups in total. The van der Waals surface area contributed by atoms with Crippen LogP contribution in [-0.2, 0) is 0 Å². The third-order valence-electron chi connectivity index (χ3n) is 5.23. The number of rotatable bonds is 12. The van der Waals surface area contributed by atoms with Gasteiger partial charge in [-0.05, 0) is 79.8 Å². The fourth-order valence-corrected chi connectivity index (χ4v) is 3.19. The lowest BCUT2D eigenvalue weighted by atomic mass is 10.3. The van der Waals surface area contributed by atoms with Gasteiger partial charge in [-0.1, -0.05) is 36.4 Å². The monoisotopic (exact) mass is 479 g/mol. The van der Waals surface area contributed by atoms with E-state index in [1.807, 2.05) is 116 Å². The molecule has 0 atom stereocenters. The van der Waals surface area contributed by atoms with Crippen LogP contribution in [0.3, 0.4) is 0 Å². The molecule has 0 aliphatic heterocycles. The van der Waals surface area contributed by atoms with Crippen LogP contribution in [0.5, 0.6) is 11.5 Å². The van der Waals surface area contributed by atoms with Crippen molar-refractivity contribution in [3.05, 3.63) is 109 Å². The molecular weight excluding hydrogens is 450 g/mol. The highest BCUT2D eigenvalue weighted by molar-refractivity contribution is 5.43. The molecule has 0 unspecified atom stereocenters. The second kappa shape index (κ2) is 13.5. The molecule has 0 saturated carbocycles. The summed E-state index contributed by atoms with van der Waals surface area (Å²) in [5, 5.41) is 16.9. The Morgan fingerprint density at radius 1 is 0.472 bits per heavy atom. The van der Waals surface area contributed by atoms with Gasteiger partial charge in [0.1, 0.15) is 24.7 Å². The highest BCUT2D eigenvalue weighted by Gasteiger charge is 2.02. The number of nitrogens with zero attached hydrogens (tertiary/aromatic N) is 5. The third kappa shape index (κ3) is 8.45. The maximum atomic E-state index is 5.85. The van der Waals surface area contributed by atoms with Gasteiger partial charge in [-0.3, -0.25) is 4.90 Å². The molecule has 0 aliphatic rings. The van der Waals surface area contributed by atoms with Gasteiger partial charge < -0.3 is 9.47 Å². The molecule has 0 bridgehead atoms. The number of ether oxygens (including phenoxy) is 2. The van der Waals surface area contributed by atoms with Crippen molar-refractivity contribution in [2.75, 3.05) is 33.4 Å². The van der Waals surface area contributed by atoms with E-state index in [2.05, 4.69) is 25.4 Å². The van der Waals surface area contributed by atoms with Crippen molar-refractivity contribution in [2.24, 2.45) is 20.5 Å². The lowest BCUT2D eigenvalue weighted by Crippen LogP contribution is -2.28. The van der Waals surface area contributed by atoms with Crippen LogP contribution in [0.15, 0.2) is 130 Å². The minimum atomic E-state index is 0.586. The Morgan fingerprint density at radius 3 is 1.17 bits per heavy atom. The molecule has 0 heterocycles. The van der Waals surface area contributed by atoms with E-state index in [1.165, 1.54) is 0 Å². The average Bonchev–Trinajstić information content (AvgIpc) is 2.93. The molecule has 0 aromatic heterocycles. The Bertz CT molecular complexity index is 1130. The van der Waals surface area contributed by atoms with Crippen LogP contribution in [0.25, 0.3) is 0 Å². The Balaban J connectivity index is 1.12. The third-order valence-corrected chi connectivity index (χ3v) is 5.23. The number of benzene rings is 4. The predicted octanol–water partition coefficient (Wildman–Crippen LogP) is 7.91. The smallest absolute Gasteiger partial charge is 0.119 e. The van der Waals surface area contributed by atoms with Crippen molar-refractivity contribution in [3.63, 3.8) is 0 Å². The molecule has 4 rings (SSSR count). The van der Waals surface area contributed by atoms with Crippen LogP contribution < -0.4 is 9.47 Å². The molecule has 7 nitrogen and oxygen atoms in total. The summed E-state index contributed by atoms with van der Waals surface area (Å²) in [7, 11) is 2.05. The van der Waals surface area contributed by atoms with Gasteiger partial charge in [0.2, 0.25) is 0 Å². The van der Waals surface area contributed by atoms with Crippen LogP contribution in [0.2, 0.25) is 0 Å². The summed E-state index contributed by atoms with van der Waals surface area (Å²) < 4.78 is 11.7. The quantitative estimate of drug-likeness (QED) is 0.194. The molecule has 0 amide bonds. The molecule has 4 aromatic carbocycles. The Kier molecular flexibility index (Phi) is 9.29. The summed E-state index contributed by atoms with van der Waals surface area (Å²) in [5.41, 5.74) is 3.22. The van der Waals surface area contributed by atoms with Crippen molar-refractivity contribution < 1.29 is 9.47 Å². The van der Waals surface area contributed by atoms with E-state index < -0.39 is 0 Å². The summed E-state index contributed by atoms with van der Waals surface area (Å²) >= 11 is 0. The van der Waals surface area contributed by atoms with Crippen LogP contribution in [0, 0.1) is 0 Å². The van der Waals surface area contributed by atoms with E-state index in [0.29, 0.717) is 13.2 Å². The first-order valence-electron chi connectivity index (χ1n) is 11.8. The standard InChI is InChI=1S/C29H29N5O2/c1-34(20-22-35-28-16-12-26(13-17-28)32-30-24-8-4-2-5-9-24)21-23-36-29-18-14-27(15-19-29)33-31-25-10-6-3-7-11-25/h2-19H,20-23H2,1H3. The Hall–Kier alpha value is -4.36. The minimum absolute atomic E-state index is 0.586. The minimum Gasteiger partial charge on any atom is -0.492 e. The molecule has 0 fully saturated rings. The zero-order valence-corrected chi connectivity index (χ0v) is 20.3. The first-order chi connectivity index (χ1) is 17.7. The summed E-state index contributed by atoms with van der Waals surface area (Å²) in [6.45, 7) is 2.75. The highest BCUT2D eigenvalue weighted by atomic mass is 16.5. The SMILES string of the molecule is CN(CCOc1ccc(N=Nc2ccccc2)cc1)CCOc1ccc(N=Nc2ccccc2)cc1. The summed E-state index contributed by atoms with van der Waals surface area (Å²) in [6, 6.07) is 34.5. The van der Waals surface area contributed by atoms with E-state index in [9.17, 15) is 0 Å². The molecule has 36 heavy (non-hydrogen) atoms. The van der Waals surface area contributed by atoms with Gasteiger partial charge >= 0.3 is 0 Å². The van der Waals surface area contributed by atoms with Gasteiger partial charge in [0.05, 0.1) is 22.7 Å². The normalized spacial score (nSPS) is 11.4. The second-order valence-corrected chi connectivity index (χ2v) is 8.06. The van der Waals surface area contributed by atoms with Gasteiger partial charge in [-0.25, -0.2) is 0 Å². The molecule has 182 valence electrons. The first-order valence-corrected chi connectivity index (χ1v) is 11.8. The molecular formula is C29H29N5O2. The van der Waals surface area contributed by atoms with Crippen molar-refractivity contribution in [3.8, 4) is 11.5 Å². The number of likely N-dealkylation sites (N-methyl/N-ethyl adjacent to an activating group) is 1. The van der Waals surface area contributed by atoms with Crippen molar-refractivity contribution in [1.29, 1.82) is 0 Å². The Morgan fingerprint density at radius 2 is 0.806 bits per heavy atom. The van der Waals surface area contributed by atoms with E-state index in [1.54, 1.807) is 0 Å². The van der Waals surface area contributed by atoms with E-state index in [4.69, 9.17) is 9.47 Å². The predicted molar refractivity (Wildman–Crippen MR) is 143 cm³/mol. The zero-order chi connectivity index (χ0) is 24.8. The van der Waals surface area contributed by atoms with E-state index in [0.717, 1.165) is 47.3 Å². The van der Waals surface area contributed by atoms with Crippen LogP contribution in [-0.4, -0.2) is 38.3 Å². The lowest BCUT2D eigenvalue weighted by molar-refractivity contribution is 0.202. The molecule has 0 spiro atoms. The van der Waals surface area contributed by atoms with Crippen molar-refractivity contribution >= 4 is 22.7 Å². The van der Waals surface area contributed by atoms with Gasteiger partial charge in [-0.15, -0.1) is 0 Å². The van der Waals surface area contributed by atoms with Crippen LogP contribution in [0.4, 0.5) is 22.7 Å². The fourth-order valence-electron chi connectivity index (χ4n) is 3.19. The zero-order valence-electron chi connectivity index (χ0n) is 20.3. The molecule has 7 heteroatoms.